The van der Waals surface area contributed by atoms with Crippen LogP contribution < -0.4 is 9.47 Å². The monoisotopic (exact) mass is 371 g/mol. The van der Waals surface area contributed by atoms with E-state index in [1.807, 2.05) is 36.4 Å². The molecule has 0 bridgehead atoms. The molecule has 4 aromatic rings. The van der Waals surface area contributed by atoms with Crippen molar-refractivity contribution < 1.29 is 9.47 Å². The summed E-state index contributed by atoms with van der Waals surface area (Å²) in [7, 11) is 0. The van der Waals surface area contributed by atoms with Gasteiger partial charge in [0, 0.05) is 29.7 Å². The molecular weight excluding hydrogens is 352 g/mol. The van der Waals surface area contributed by atoms with E-state index in [9.17, 15) is 0 Å². The number of pyridine rings is 2. The van der Waals surface area contributed by atoms with Crippen LogP contribution in [0.25, 0.3) is 22.4 Å². The third kappa shape index (κ3) is 3.62. The molecule has 0 amide bonds. The Morgan fingerprint density at radius 2 is 1.79 bits per heavy atom. The van der Waals surface area contributed by atoms with E-state index in [0.29, 0.717) is 35.4 Å². The van der Waals surface area contributed by atoms with Gasteiger partial charge in [0.15, 0.2) is 17.3 Å². The first kappa shape index (κ1) is 17.9. The second-order valence-electron chi connectivity index (χ2n) is 6.01. The highest BCUT2D eigenvalue weighted by atomic mass is 16.5. The third-order valence-electron chi connectivity index (χ3n) is 4.22. The lowest BCUT2D eigenvalue weighted by Gasteiger charge is -2.13. The van der Waals surface area contributed by atoms with E-state index in [0.717, 1.165) is 23.0 Å². The SMILES string of the molecule is [CH2]COc1ccc2nccc(Oc3ccc(CC)nc3-c3ncccn3)c2c1. The fourth-order valence-electron chi connectivity index (χ4n) is 2.86. The zero-order chi connectivity index (χ0) is 19.3. The van der Waals surface area contributed by atoms with E-state index in [1.165, 1.54) is 0 Å². The summed E-state index contributed by atoms with van der Waals surface area (Å²) in [5, 5.41) is 0.841. The van der Waals surface area contributed by atoms with Crippen LogP contribution in [0.4, 0.5) is 0 Å². The second-order valence-corrected chi connectivity index (χ2v) is 6.01. The quantitative estimate of drug-likeness (QED) is 0.491. The number of aromatic nitrogens is 4. The molecule has 0 fully saturated rings. The molecular formula is C22H19N4O2. The van der Waals surface area contributed by atoms with E-state index >= 15 is 0 Å². The Morgan fingerprint density at radius 3 is 2.57 bits per heavy atom. The van der Waals surface area contributed by atoms with Gasteiger partial charge < -0.3 is 9.47 Å². The van der Waals surface area contributed by atoms with E-state index < -0.39 is 0 Å². The zero-order valence-electron chi connectivity index (χ0n) is 15.5. The lowest BCUT2D eigenvalue weighted by atomic mass is 10.2. The standard InChI is InChI=1S/C22H19N4O2/c1-3-15-6-9-20(21(26-15)22-24-11-5-12-25-22)28-19-10-13-23-18-8-7-16(27-4-2)14-17(18)19/h5-14H,2-4H2,1H3. The fourth-order valence-corrected chi connectivity index (χ4v) is 2.86. The molecule has 4 rings (SSSR count). The summed E-state index contributed by atoms with van der Waals surface area (Å²) >= 11 is 0. The van der Waals surface area contributed by atoms with Gasteiger partial charge in [0.05, 0.1) is 12.1 Å². The molecule has 6 nitrogen and oxygen atoms in total. The van der Waals surface area contributed by atoms with Crippen LogP contribution in [0.3, 0.4) is 0 Å². The van der Waals surface area contributed by atoms with Crippen molar-refractivity contribution in [2.24, 2.45) is 0 Å². The van der Waals surface area contributed by atoms with Crippen LogP contribution >= 0.6 is 0 Å². The van der Waals surface area contributed by atoms with Gasteiger partial charge in [-0.05, 0) is 55.8 Å². The summed E-state index contributed by atoms with van der Waals surface area (Å²) in [5.41, 5.74) is 2.36. The van der Waals surface area contributed by atoms with Crippen LogP contribution in [0.15, 0.2) is 61.1 Å². The molecule has 1 aromatic carbocycles. The van der Waals surface area contributed by atoms with E-state index in [1.54, 1.807) is 24.7 Å². The van der Waals surface area contributed by atoms with Crippen molar-refractivity contribution in [3.63, 3.8) is 0 Å². The van der Waals surface area contributed by atoms with Crippen LogP contribution in [0.5, 0.6) is 17.2 Å². The van der Waals surface area contributed by atoms with Gasteiger partial charge in [-0.25, -0.2) is 15.0 Å². The Balaban J connectivity index is 1.80. The number of fused-ring (bicyclic) bond motifs is 1. The molecule has 3 aromatic heterocycles. The Hall–Kier alpha value is -3.54. The molecule has 0 aliphatic heterocycles. The number of ether oxygens (including phenoxy) is 2. The molecule has 139 valence electrons. The molecule has 0 saturated heterocycles. The highest BCUT2D eigenvalue weighted by Crippen LogP contribution is 2.35. The van der Waals surface area contributed by atoms with Gasteiger partial charge in [-0.2, -0.15) is 0 Å². The van der Waals surface area contributed by atoms with Crippen molar-refractivity contribution in [3.8, 4) is 28.8 Å². The molecule has 0 unspecified atom stereocenters. The second kappa shape index (κ2) is 8.00. The van der Waals surface area contributed by atoms with Gasteiger partial charge in [-0.1, -0.05) is 6.92 Å². The number of aryl methyl sites for hydroxylation is 1. The smallest absolute Gasteiger partial charge is 0.181 e. The van der Waals surface area contributed by atoms with Crippen molar-refractivity contribution >= 4 is 10.9 Å². The topological polar surface area (TPSA) is 70.0 Å². The number of benzene rings is 1. The minimum atomic E-state index is 0.347. The molecule has 1 radical (unpaired) electrons. The minimum Gasteiger partial charge on any atom is -0.494 e. The average molecular weight is 371 g/mol. The molecule has 0 aliphatic rings. The predicted octanol–water partition coefficient (Wildman–Crippen LogP) is 4.65. The largest absolute Gasteiger partial charge is 0.494 e. The van der Waals surface area contributed by atoms with Gasteiger partial charge in [0.2, 0.25) is 0 Å². The number of hydrogen-bond donors (Lipinski definition) is 0. The van der Waals surface area contributed by atoms with Gasteiger partial charge in [0.1, 0.15) is 11.5 Å². The summed E-state index contributed by atoms with van der Waals surface area (Å²) in [4.78, 5) is 17.8. The van der Waals surface area contributed by atoms with Crippen molar-refractivity contribution in [3.05, 3.63) is 73.7 Å². The van der Waals surface area contributed by atoms with Gasteiger partial charge in [-0.3, -0.25) is 4.98 Å². The van der Waals surface area contributed by atoms with Crippen LogP contribution in [-0.4, -0.2) is 26.5 Å². The average Bonchev–Trinajstić information content (AvgIpc) is 2.75. The summed E-state index contributed by atoms with van der Waals surface area (Å²) in [6.07, 6.45) is 5.91. The number of hydrogen-bond acceptors (Lipinski definition) is 6. The molecule has 6 heteroatoms. The maximum absolute atomic E-state index is 6.26. The minimum absolute atomic E-state index is 0.347. The molecule has 28 heavy (non-hydrogen) atoms. The molecule has 0 atom stereocenters. The summed E-state index contributed by atoms with van der Waals surface area (Å²) in [6, 6.07) is 13.1. The normalized spacial score (nSPS) is 10.8. The van der Waals surface area contributed by atoms with Crippen molar-refractivity contribution in [2.45, 2.75) is 13.3 Å². The van der Waals surface area contributed by atoms with Crippen molar-refractivity contribution in [1.29, 1.82) is 0 Å². The van der Waals surface area contributed by atoms with Crippen LogP contribution in [0, 0.1) is 6.92 Å². The predicted molar refractivity (Wildman–Crippen MR) is 107 cm³/mol. The fraction of sp³-hybridized carbons (Fsp3) is 0.136. The Labute approximate surface area is 163 Å². The summed E-state index contributed by atoms with van der Waals surface area (Å²) in [6.45, 7) is 6.12. The van der Waals surface area contributed by atoms with Crippen molar-refractivity contribution in [2.75, 3.05) is 6.61 Å². The van der Waals surface area contributed by atoms with Crippen LogP contribution in [0.1, 0.15) is 12.6 Å². The molecule has 0 saturated carbocycles. The van der Waals surface area contributed by atoms with Gasteiger partial charge in [0.25, 0.3) is 0 Å². The molecule has 3 heterocycles. The Morgan fingerprint density at radius 1 is 0.929 bits per heavy atom. The van der Waals surface area contributed by atoms with E-state index in [-0.39, 0.29) is 0 Å². The first-order valence-electron chi connectivity index (χ1n) is 9.04. The summed E-state index contributed by atoms with van der Waals surface area (Å²) < 4.78 is 11.8. The zero-order valence-corrected chi connectivity index (χ0v) is 15.5. The highest BCUT2D eigenvalue weighted by Gasteiger charge is 2.14. The Bertz CT molecular complexity index is 1100. The first-order valence-corrected chi connectivity index (χ1v) is 9.04. The maximum Gasteiger partial charge on any atom is 0.181 e. The van der Waals surface area contributed by atoms with Crippen molar-refractivity contribution in [1.82, 2.24) is 19.9 Å². The maximum atomic E-state index is 6.26. The van der Waals surface area contributed by atoms with Gasteiger partial charge >= 0.3 is 0 Å². The lowest BCUT2D eigenvalue weighted by molar-refractivity contribution is 0.361. The van der Waals surface area contributed by atoms with Crippen LogP contribution in [-0.2, 0) is 6.42 Å². The molecule has 0 aliphatic carbocycles. The highest BCUT2D eigenvalue weighted by molar-refractivity contribution is 5.86. The first-order chi connectivity index (χ1) is 13.8. The van der Waals surface area contributed by atoms with E-state index in [2.05, 4.69) is 33.8 Å². The van der Waals surface area contributed by atoms with Gasteiger partial charge in [-0.15, -0.1) is 0 Å². The van der Waals surface area contributed by atoms with E-state index in [4.69, 9.17) is 9.47 Å². The lowest BCUT2D eigenvalue weighted by Crippen LogP contribution is -1.99. The number of nitrogens with zero attached hydrogens (tertiary/aromatic N) is 4. The summed E-state index contributed by atoms with van der Waals surface area (Å²) in [5.74, 6) is 2.47. The molecule has 0 N–H and O–H groups in total. The third-order valence-corrected chi connectivity index (χ3v) is 4.22. The molecule has 0 spiro atoms. The Kier molecular flexibility index (Phi) is 5.10. The van der Waals surface area contributed by atoms with Crippen LogP contribution in [0.2, 0.25) is 0 Å². The number of rotatable bonds is 6.